The van der Waals surface area contributed by atoms with Crippen molar-refractivity contribution in [3.05, 3.63) is 83.4 Å². The van der Waals surface area contributed by atoms with Gasteiger partial charge in [-0.15, -0.1) is 0 Å². The summed E-state index contributed by atoms with van der Waals surface area (Å²) in [5.74, 6) is 0.896. The second-order valence-electron chi connectivity index (χ2n) is 6.60. The molecule has 0 saturated heterocycles. The molecule has 132 valence electrons. The molecule has 1 atom stereocenters. The summed E-state index contributed by atoms with van der Waals surface area (Å²) in [6.45, 7) is 0.336. The summed E-state index contributed by atoms with van der Waals surface area (Å²) in [7, 11) is 0. The van der Waals surface area contributed by atoms with Crippen LogP contribution in [0.2, 0.25) is 0 Å². The van der Waals surface area contributed by atoms with Crippen LogP contribution in [0, 0.1) is 0 Å². The summed E-state index contributed by atoms with van der Waals surface area (Å²) < 4.78 is 11.8. The highest BCUT2D eigenvalue weighted by Crippen LogP contribution is 2.54. The van der Waals surface area contributed by atoms with Gasteiger partial charge in [-0.1, -0.05) is 48.5 Å². The Morgan fingerprint density at radius 3 is 2.48 bits per heavy atom. The van der Waals surface area contributed by atoms with Crippen molar-refractivity contribution in [2.24, 2.45) is 10.7 Å². The van der Waals surface area contributed by atoms with Crippen LogP contribution in [0.1, 0.15) is 21.5 Å². The Morgan fingerprint density at radius 2 is 1.74 bits per heavy atom. The normalized spacial score (nSPS) is 19.1. The Hall–Kier alpha value is -3.60. The third-order valence-electron chi connectivity index (χ3n) is 5.10. The summed E-state index contributed by atoms with van der Waals surface area (Å²) in [6, 6.07) is 21.0. The molecule has 1 amide bonds. The van der Waals surface area contributed by atoms with Gasteiger partial charge in [0.05, 0.1) is 0 Å². The number of primary amides is 1. The van der Waals surface area contributed by atoms with E-state index in [1.165, 1.54) is 6.40 Å². The fourth-order valence-electron chi connectivity index (χ4n) is 3.95. The minimum absolute atomic E-state index is 0.336. The second-order valence-corrected chi connectivity index (χ2v) is 6.60. The van der Waals surface area contributed by atoms with Crippen molar-refractivity contribution >= 4 is 12.3 Å². The van der Waals surface area contributed by atoms with Crippen molar-refractivity contribution in [3.8, 4) is 22.6 Å². The van der Waals surface area contributed by atoms with E-state index in [0.717, 1.165) is 28.0 Å². The van der Waals surface area contributed by atoms with Gasteiger partial charge in [0.15, 0.2) is 11.9 Å². The molecule has 1 spiro atoms. The zero-order valence-corrected chi connectivity index (χ0v) is 14.4. The smallest absolute Gasteiger partial charge is 0.249 e. The Morgan fingerprint density at radius 1 is 0.963 bits per heavy atom. The van der Waals surface area contributed by atoms with E-state index in [4.69, 9.17) is 20.2 Å². The molecule has 2 aliphatic rings. The first kappa shape index (κ1) is 15.6. The van der Waals surface area contributed by atoms with E-state index in [2.05, 4.69) is 0 Å². The van der Waals surface area contributed by atoms with E-state index < -0.39 is 11.4 Å². The number of fused-ring (bicyclic) bond motifs is 4. The van der Waals surface area contributed by atoms with E-state index in [1.807, 2.05) is 54.6 Å². The lowest BCUT2D eigenvalue weighted by Gasteiger charge is -2.35. The molecule has 5 nitrogen and oxygen atoms in total. The maximum absolute atomic E-state index is 12.2. The largest absolute Gasteiger partial charge is 0.480 e. The molecule has 2 heterocycles. The molecule has 0 aliphatic carbocycles. The summed E-state index contributed by atoms with van der Waals surface area (Å²) in [6.07, 6.45) is 1.47. The number of benzene rings is 3. The molecule has 3 aromatic carbocycles. The van der Waals surface area contributed by atoms with Crippen LogP contribution >= 0.6 is 0 Å². The van der Waals surface area contributed by atoms with Crippen LogP contribution in [0.5, 0.6) is 11.5 Å². The number of ether oxygens (including phenoxy) is 2. The lowest BCUT2D eigenvalue weighted by molar-refractivity contribution is 0.100. The monoisotopic (exact) mass is 356 g/mol. The molecule has 1 unspecified atom stereocenters. The Kier molecular flexibility index (Phi) is 3.31. The van der Waals surface area contributed by atoms with Crippen molar-refractivity contribution in [2.45, 2.75) is 5.54 Å². The minimum Gasteiger partial charge on any atom is -0.480 e. The molecule has 3 aromatic rings. The highest BCUT2D eigenvalue weighted by molar-refractivity contribution is 6.02. The number of nitrogens with two attached hydrogens (primary N) is 1. The van der Waals surface area contributed by atoms with E-state index >= 15 is 0 Å². The van der Waals surface area contributed by atoms with E-state index in [-0.39, 0.29) is 0 Å². The average Bonchev–Trinajstić information content (AvgIpc) is 3.18. The van der Waals surface area contributed by atoms with Crippen LogP contribution in [0.3, 0.4) is 0 Å². The predicted molar refractivity (Wildman–Crippen MR) is 102 cm³/mol. The highest BCUT2D eigenvalue weighted by atomic mass is 16.5. The first-order valence-corrected chi connectivity index (χ1v) is 8.66. The summed E-state index contributed by atoms with van der Waals surface area (Å²) in [4.78, 5) is 17.0. The zero-order valence-electron chi connectivity index (χ0n) is 14.4. The number of aliphatic imine (C=N–C) groups is 1. The van der Waals surface area contributed by atoms with Gasteiger partial charge in [0.2, 0.25) is 5.91 Å². The number of hydrogen-bond donors (Lipinski definition) is 1. The standard InChI is InChI=1S/C22H16N2O3/c23-21(25)15-10-11-18-20(19(15)14-6-2-1-3-7-14)22(12-26-13-24-22)16-8-4-5-9-17(16)27-18/h1-11,13H,12H2,(H2,23,25). The number of amides is 1. The number of rotatable bonds is 2. The van der Waals surface area contributed by atoms with Crippen LogP contribution in [0.4, 0.5) is 0 Å². The molecule has 5 rings (SSSR count). The van der Waals surface area contributed by atoms with Gasteiger partial charge in [-0.25, -0.2) is 4.99 Å². The van der Waals surface area contributed by atoms with Crippen LogP contribution in [-0.2, 0) is 10.3 Å². The van der Waals surface area contributed by atoms with E-state index in [9.17, 15) is 4.79 Å². The van der Waals surface area contributed by atoms with Crippen molar-refractivity contribution < 1.29 is 14.3 Å². The first-order valence-electron chi connectivity index (χ1n) is 8.66. The molecule has 0 aromatic heterocycles. The van der Waals surface area contributed by atoms with Gasteiger partial charge in [0, 0.05) is 22.3 Å². The zero-order chi connectivity index (χ0) is 18.4. The lowest BCUT2D eigenvalue weighted by Crippen LogP contribution is -2.32. The van der Waals surface area contributed by atoms with Crippen LogP contribution < -0.4 is 10.5 Å². The summed E-state index contributed by atoms with van der Waals surface area (Å²) >= 11 is 0. The van der Waals surface area contributed by atoms with Crippen molar-refractivity contribution in [1.82, 2.24) is 0 Å². The lowest BCUT2D eigenvalue weighted by atomic mass is 9.76. The molecular weight excluding hydrogens is 340 g/mol. The SMILES string of the molecule is NC(=O)c1ccc2c(c1-c1ccccc1)C1(COC=N1)c1ccccc1O2. The Labute approximate surface area is 156 Å². The average molecular weight is 356 g/mol. The molecule has 0 radical (unpaired) electrons. The van der Waals surface area contributed by atoms with Gasteiger partial charge in [0.1, 0.15) is 18.1 Å². The third-order valence-corrected chi connectivity index (χ3v) is 5.10. The van der Waals surface area contributed by atoms with E-state index in [1.54, 1.807) is 12.1 Å². The molecular formula is C22H16N2O3. The van der Waals surface area contributed by atoms with Crippen LogP contribution in [0.15, 0.2) is 71.7 Å². The van der Waals surface area contributed by atoms with Crippen molar-refractivity contribution in [3.63, 3.8) is 0 Å². The fourth-order valence-corrected chi connectivity index (χ4v) is 3.95. The quantitative estimate of drug-likeness (QED) is 0.758. The maximum Gasteiger partial charge on any atom is 0.249 e. The Balaban J connectivity index is 1.90. The maximum atomic E-state index is 12.2. The van der Waals surface area contributed by atoms with Gasteiger partial charge in [-0.05, 0) is 23.8 Å². The Bertz CT molecular complexity index is 1090. The number of carbonyl (C=O) groups excluding carboxylic acids is 1. The van der Waals surface area contributed by atoms with Gasteiger partial charge in [-0.3, -0.25) is 4.79 Å². The number of para-hydroxylation sites is 1. The van der Waals surface area contributed by atoms with Gasteiger partial charge < -0.3 is 15.2 Å². The van der Waals surface area contributed by atoms with Crippen molar-refractivity contribution in [1.29, 1.82) is 0 Å². The van der Waals surface area contributed by atoms with Gasteiger partial charge in [0.25, 0.3) is 0 Å². The molecule has 27 heavy (non-hydrogen) atoms. The number of carbonyl (C=O) groups is 1. The van der Waals surface area contributed by atoms with Gasteiger partial charge >= 0.3 is 0 Å². The fraction of sp³-hybridized carbons (Fsp3) is 0.0909. The topological polar surface area (TPSA) is 73.9 Å². The van der Waals surface area contributed by atoms with Crippen LogP contribution in [0.25, 0.3) is 11.1 Å². The number of hydrogen-bond acceptors (Lipinski definition) is 4. The molecule has 0 saturated carbocycles. The molecule has 0 bridgehead atoms. The first-order chi connectivity index (χ1) is 13.2. The minimum atomic E-state index is -0.777. The molecule has 0 fully saturated rings. The summed E-state index contributed by atoms with van der Waals surface area (Å²) in [5, 5.41) is 0. The highest BCUT2D eigenvalue weighted by Gasteiger charge is 2.47. The molecule has 5 heteroatoms. The van der Waals surface area contributed by atoms with Gasteiger partial charge in [-0.2, -0.15) is 0 Å². The third kappa shape index (κ3) is 2.18. The van der Waals surface area contributed by atoms with Crippen molar-refractivity contribution in [2.75, 3.05) is 6.61 Å². The predicted octanol–water partition coefficient (Wildman–Crippen LogP) is 3.86. The second kappa shape index (κ2) is 5.71. The molecule has 2 aliphatic heterocycles. The van der Waals surface area contributed by atoms with E-state index in [0.29, 0.717) is 17.9 Å². The van der Waals surface area contributed by atoms with Crippen LogP contribution in [-0.4, -0.2) is 18.9 Å². The number of nitrogens with zero attached hydrogens (tertiary/aromatic N) is 1. The molecule has 2 N–H and O–H groups in total. The summed E-state index contributed by atoms with van der Waals surface area (Å²) in [5.41, 5.74) is 8.70.